The number of hydrogen-bond donors (Lipinski definition) is 1. The zero-order valence-electron chi connectivity index (χ0n) is 11.4. The summed E-state index contributed by atoms with van der Waals surface area (Å²) >= 11 is 0. The minimum absolute atomic E-state index is 0.168. The summed E-state index contributed by atoms with van der Waals surface area (Å²) in [6, 6.07) is 4.93. The summed E-state index contributed by atoms with van der Waals surface area (Å²) in [4.78, 5) is 2.41. The topological polar surface area (TPSA) is 29.3 Å². The van der Waals surface area contributed by atoms with Crippen LogP contribution in [0.3, 0.4) is 0 Å². The molecule has 0 amide bonds. The zero-order chi connectivity index (χ0) is 13.2. The molecule has 3 heteroatoms. The van der Waals surface area contributed by atoms with Crippen molar-refractivity contribution >= 4 is 0 Å². The predicted octanol–water partition coefficient (Wildman–Crippen LogP) is 2.91. The molecule has 1 aromatic carbocycles. The Balaban J connectivity index is 2.11. The lowest BCUT2D eigenvalue weighted by Crippen LogP contribution is -2.39. The van der Waals surface area contributed by atoms with E-state index in [-0.39, 0.29) is 5.82 Å². The minimum atomic E-state index is -0.168. The summed E-state index contributed by atoms with van der Waals surface area (Å²) in [7, 11) is 0. The summed E-state index contributed by atoms with van der Waals surface area (Å²) in [6.45, 7) is 8.07. The van der Waals surface area contributed by atoms with Crippen LogP contribution in [0, 0.1) is 11.2 Å². The Morgan fingerprint density at radius 2 is 2.11 bits per heavy atom. The van der Waals surface area contributed by atoms with Gasteiger partial charge in [-0.1, -0.05) is 19.9 Å². The van der Waals surface area contributed by atoms with Crippen LogP contribution in [0.2, 0.25) is 0 Å². The highest BCUT2D eigenvalue weighted by atomic mass is 19.1. The summed E-state index contributed by atoms with van der Waals surface area (Å²) in [5.74, 6) is -0.168. The lowest BCUT2D eigenvalue weighted by molar-refractivity contribution is 0.111. The van der Waals surface area contributed by atoms with Gasteiger partial charge < -0.3 is 5.73 Å². The van der Waals surface area contributed by atoms with Gasteiger partial charge in [0.15, 0.2) is 0 Å². The number of rotatable bonds is 3. The monoisotopic (exact) mass is 250 g/mol. The fraction of sp³-hybridized carbons (Fsp3) is 0.600. The van der Waals surface area contributed by atoms with Crippen LogP contribution in [0.5, 0.6) is 0 Å². The smallest absolute Gasteiger partial charge is 0.123 e. The molecule has 0 saturated carbocycles. The van der Waals surface area contributed by atoms with Gasteiger partial charge >= 0.3 is 0 Å². The summed E-state index contributed by atoms with van der Waals surface area (Å²) < 4.78 is 13.3. The van der Waals surface area contributed by atoms with Crippen molar-refractivity contribution in [2.75, 3.05) is 13.1 Å². The number of halogens is 1. The van der Waals surface area contributed by atoms with E-state index < -0.39 is 0 Å². The minimum Gasteiger partial charge on any atom is -0.326 e. The van der Waals surface area contributed by atoms with Crippen LogP contribution in [0.25, 0.3) is 0 Å². The number of piperidine rings is 1. The third-order valence-electron chi connectivity index (χ3n) is 3.76. The number of nitrogens with zero attached hydrogens (tertiary/aromatic N) is 1. The fourth-order valence-corrected chi connectivity index (χ4v) is 2.86. The molecule has 0 spiro atoms. The zero-order valence-corrected chi connectivity index (χ0v) is 11.4. The molecule has 2 N–H and O–H groups in total. The van der Waals surface area contributed by atoms with Crippen LogP contribution >= 0.6 is 0 Å². The van der Waals surface area contributed by atoms with E-state index in [0.29, 0.717) is 12.0 Å². The van der Waals surface area contributed by atoms with Gasteiger partial charge in [-0.25, -0.2) is 4.39 Å². The van der Waals surface area contributed by atoms with Gasteiger partial charge in [0.1, 0.15) is 5.82 Å². The van der Waals surface area contributed by atoms with Crippen molar-refractivity contribution in [1.29, 1.82) is 0 Å². The lowest BCUT2D eigenvalue weighted by Gasteiger charge is -2.38. The maximum atomic E-state index is 13.3. The molecular formula is C15H23FN2. The summed E-state index contributed by atoms with van der Waals surface area (Å²) in [6.07, 6.45) is 2.50. The van der Waals surface area contributed by atoms with Gasteiger partial charge in [-0.2, -0.15) is 0 Å². The van der Waals surface area contributed by atoms with Crippen LogP contribution in [0.15, 0.2) is 18.2 Å². The number of nitrogens with two attached hydrogens (primary N) is 1. The van der Waals surface area contributed by atoms with Crippen LogP contribution < -0.4 is 5.73 Å². The summed E-state index contributed by atoms with van der Waals surface area (Å²) in [5.41, 5.74) is 8.18. The van der Waals surface area contributed by atoms with Crippen molar-refractivity contribution in [2.45, 2.75) is 39.8 Å². The first kappa shape index (κ1) is 13.5. The van der Waals surface area contributed by atoms with E-state index in [9.17, 15) is 4.39 Å². The van der Waals surface area contributed by atoms with E-state index in [1.165, 1.54) is 18.9 Å². The Bertz CT molecular complexity index is 415. The maximum Gasteiger partial charge on any atom is 0.123 e. The predicted molar refractivity (Wildman–Crippen MR) is 72.6 cm³/mol. The van der Waals surface area contributed by atoms with Gasteiger partial charge in [0.05, 0.1) is 0 Å². The Morgan fingerprint density at radius 1 is 1.33 bits per heavy atom. The average molecular weight is 250 g/mol. The molecule has 0 atom stereocenters. The number of hydrogen-bond acceptors (Lipinski definition) is 2. The van der Waals surface area contributed by atoms with Gasteiger partial charge in [-0.05, 0) is 48.1 Å². The standard InChI is InChI=1S/C15H23FN2/c1-15(2)6-3-7-18(11-15)10-13-8-14(16)5-4-12(13)9-17/h4-5,8H,3,6-7,9-11,17H2,1-2H3. The second-order valence-electron chi connectivity index (χ2n) is 6.10. The van der Waals surface area contributed by atoms with Crippen molar-refractivity contribution in [1.82, 2.24) is 4.90 Å². The number of benzene rings is 1. The third kappa shape index (κ3) is 3.30. The SMILES string of the molecule is CC1(C)CCCN(Cc2cc(F)ccc2CN)C1. The molecule has 1 aromatic rings. The van der Waals surface area contributed by atoms with Gasteiger partial charge in [-0.15, -0.1) is 0 Å². The Hall–Kier alpha value is -0.930. The lowest BCUT2D eigenvalue weighted by atomic mass is 9.84. The molecule has 1 fully saturated rings. The second-order valence-corrected chi connectivity index (χ2v) is 6.10. The molecule has 2 nitrogen and oxygen atoms in total. The maximum absolute atomic E-state index is 13.3. The Labute approximate surface area is 109 Å². The molecule has 0 aliphatic carbocycles. The van der Waals surface area contributed by atoms with E-state index >= 15 is 0 Å². The van der Waals surface area contributed by atoms with Crippen LogP contribution in [0.1, 0.15) is 37.8 Å². The number of likely N-dealkylation sites (tertiary alicyclic amines) is 1. The van der Waals surface area contributed by atoms with Crippen molar-refractivity contribution < 1.29 is 4.39 Å². The first-order valence-electron chi connectivity index (χ1n) is 6.70. The third-order valence-corrected chi connectivity index (χ3v) is 3.76. The highest BCUT2D eigenvalue weighted by molar-refractivity contribution is 5.27. The van der Waals surface area contributed by atoms with Crippen LogP contribution in [-0.4, -0.2) is 18.0 Å². The van der Waals surface area contributed by atoms with Crippen LogP contribution in [0.4, 0.5) is 4.39 Å². The molecule has 100 valence electrons. The highest BCUT2D eigenvalue weighted by Gasteiger charge is 2.26. The largest absolute Gasteiger partial charge is 0.326 e. The van der Waals surface area contributed by atoms with Gasteiger partial charge in [0.2, 0.25) is 0 Å². The quantitative estimate of drug-likeness (QED) is 0.893. The molecule has 0 bridgehead atoms. The highest BCUT2D eigenvalue weighted by Crippen LogP contribution is 2.29. The van der Waals surface area contributed by atoms with Crippen molar-refractivity contribution in [3.8, 4) is 0 Å². The van der Waals surface area contributed by atoms with Crippen molar-refractivity contribution in [3.63, 3.8) is 0 Å². The molecule has 0 aromatic heterocycles. The van der Waals surface area contributed by atoms with E-state index in [1.807, 2.05) is 0 Å². The van der Waals surface area contributed by atoms with Crippen LogP contribution in [-0.2, 0) is 13.1 Å². The van der Waals surface area contributed by atoms with E-state index in [0.717, 1.165) is 30.8 Å². The molecule has 0 radical (unpaired) electrons. The first-order valence-corrected chi connectivity index (χ1v) is 6.70. The van der Waals surface area contributed by atoms with Gasteiger partial charge in [0.25, 0.3) is 0 Å². The van der Waals surface area contributed by atoms with E-state index in [1.54, 1.807) is 12.1 Å². The first-order chi connectivity index (χ1) is 8.50. The van der Waals surface area contributed by atoms with Gasteiger partial charge in [0, 0.05) is 19.6 Å². The summed E-state index contributed by atoms with van der Waals surface area (Å²) in [5, 5.41) is 0. The van der Waals surface area contributed by atoms with Crippen molar-refractivity contribution in [3.05, 3.63) is 35.1 Å². The van der Waals surface area contributed by atoms with Gasteiger partial charge in [-0.3, -0.25) is 4.90 Å². The van der Waals surface area contributed by atoms with E-state index in [4.69, 9.17) is 5.73 Å². The second kappa shape index (κ2) is 5.37. The molecule has 0 unspecified atom stereocenters. The Morgan fingerprint density at radius 3 is 2.78 bits per heavy atom. The molecule has 1 aliphatic rings. The Kier molecular flexibility index (Phi) is 4.03. The molecule has 2 rings (SSSR count). The van der Waals surface area contributed by atoms with Crippen molar-refractivity contribution in [2.24, 2.45) is 11.1 Å². The van der Waals surface area contributed by atoms with E-state index in [2.05, 4.69) is 18.7 Å². The molecule has 1 heterocycles. The normalized spacial score (nSPS) is 20.0. The fourth-order valence-electron chi connectivity index (χ4n) is 2.86. The average Bonchev–Trinajstić information content (AvgIpc) is 2.28. The molecular weight excluding hydrogens is 227 g/mol. The molecule has 1 aliphatic heterocycles. The molecule has 18 heavy (non-hydrogen) atoms. The molecule has 1 saturated heterocycles.